The Morgan fingerprint density at radius 2 is 1.50 bits per heavy atom. The molecule has 0 aromatic rings. The lowest BCUT2D eigenvalue weighted by atomic mass is 9.81. The Kier molecular flexibility index (Phi) is 10.4. The van der Waals surface area contributed by atoms with Crippen LogP contribution in [-0.4, -0.2) is 34.6 Å². The van der Waals surface area contributed by atoms with E-state index in [1.165, 1.54) is 0 Å². The van der Waals surface area contributed by atoms with Gasteiger partial charge in [-0.25, -0.2) is 9.09 Å². The van der Waals surface area contributed by atoms with Crippen LogP contribution in [0, 0.1) is 5.41 Å². The van der Waals surface area contributed by atoms with Crippen molar-refractivity contribution >= 4 is 94.7 Å². The first-order chi connectivity index (χ1) is 8.87. The van der Waals surface area contributed by atoms with Crippen LogP contribution in [0.1, 0.15) is 19.8 Å². The summed E-state index contributed by atoms with van der Waals surface area (Å²) in [6, 6.07) is 0. The SMILES string of the molecule is CC(CC(Br)CBr)(CC(Br)CBr)C(Cl)(Cl)OP(=O)(O)O. The van der Waals surface area contributed by atoms with Gasteiger partial charge in [-0.2, -0.15) is 0 Å². The average Bonchev–Trinajstić information content (AvgIpc) is 2.24. The quantitative estimate of drug-likeness (QED) is 0.275. The van der Waals surface area contributed by atoms with Crippen molar-refractivity contribution in [2.45, 2.75) is 33.9 Å². The van der Waals surface area contributed by atoms with Gasteiger partial charge in [-0.05, 0) is 12.8 Å². The Labute approximate surface area is 162 Å². The minimum atomic E-state index is -4.81. The third-order valence-corrected chi connectivity index (χ3v) is 9.00. The zero-order valence-electron chi connectivity index (χ0n) is 10.4. The highest BCUT2D eigenvalue weighted by molar-refractivity contribution is 9.12. The molecule has 122 valence electrons. The second-order valence-electron chi connectivity index (χ2n) is 4.57. The largest absolute Gasteiger partial charge is 0.472 e. The van der Waals surface area contributed by atoms with Crippen LogP contribution in [0.25, 0.3) is 0 Å². The van der Waals surface area contributed by atoms with Gasteiger partial charge < -0.3 is 9.79 Å². The van der Waals surface area contributed by atoms with Crippen molar-refractivity contribution < 1.29 is 18.9 Å². The molecule has 2 atom stereocenters. The zero-order chi connectivity index (χ0) is 16.2. The van der Waals surface area contributed by atoms with Crippen molar-refractivity contribution in [1.29, 1.82) is 0 Å². The molecule has 0 aromatic heterocycles. The summed E-state index contributed by atoms with van der Waals surface area (Å²) in [6.45, 7) is 1.73. The van der Waals surface area contributed by atoms with Crippen molar-refractivity contribution in [2.75, 3.05) is 10.7 Å². The maximum Gasteiger partial charge on any atom is 0.472 e. The van der Waals surface area contributed by atoms with Crippen LogP contribution in [0.5, 0.6) is 0 Å². The summed E-state index contributed by atoms with van der Waals surface area (Å²) >= 11 is 25.8. The number of phosphoric ester groups is 1. The van der Waals surface area contributed by atoms with Gasteiger partial charge in [-0.15, -0.1) is 0 Å². The number of phosphoric acid groups is 1. The van der Waals surface area contributed by atoms with E-state index in [9.17, 15) is 4.57 Å². The van der Waals surface area contributed by atoms with E-state index >= 15 is 0 Å². The summed E-state index contributed by atoms with van der Waals surface area (Å²) < 4.78 is 13.7. The summed E-state index contributed by atoms with van der Waals surface area (Å²) in [4.78, 5) is 18.0. The lowest BCUT2D eigenvalue weighted by Crippen LogP contribution is -2.42. The van der Waals surface area contributed by atoms with Gasteiger partial charge in [0.2, 0.25) is 4.52 Å². The Balaban J connectivity index is 5.32. The van der Waals surface area contributed by atoms with Crippen molar-refractivity contribution in [1.82, 2.24) is 0 Å². The number of halogens is 6. The third kappa shape index (κ3) is 7.93. The van der Waals surface area contributed by atoms with E-state index in [4.69, 9.17) is 33.0 Å². The first kappa shape index (κ1) is 22.6. The summed E-state index contributed by atoms with van der Waals surface area (Å²) in [5.41, 5.74) is -0.888. The van der Waals surface area contributed by atoms with Crippen molar-refractivity contribution in [3.63, 3.8) is 0 Å². The van der Waals surface area contributed by atoms with Crippen LogP contribution in [0.2, 0.25) is 0 Å². The summed E-state index contributed by atoms with van der Waals surface area (Å²) in [6.07, 6.45) is 0.917. The molecule has 0 spiro atoms. The minimum Gasteiger partial charge on any atom is -0.303 e. The fourth-order valence-electron chi connectivity index (χ4n) is 1.67. The normalized spacial score (nSPS) is 19.4. The molecule has 0 aliphatic heterocycles. The molecule has 0 aliphatic rings. The number of hydrogen-bond acceptors (Lipinski definition) is 2. The van der Waals surface area contributed by atoms with E-state index in [1.54, 1.807) is 6.92 Å². The van der Waals surface area contributed by atoms with Crippen LogP contribution in [0.15, 0.2) is 0 Å². The van der Waals surface area contributed by atoms with Crippen molar-refractivity contribution in [2.24, 2.45) is 5.41 Å². The lowest BCUT2D eigenvalue weighted by molar-refractivity contribution is 0.0466. The number of alkyl halides is 6. The van der Waals surface area contributed by atoms with Gasteiger partial charge in [0.05, 0.1) is 0 Å². The zero-order valence-corrected chi connectivity index (χ0v) is 19.2. The molecule has 0 heterocycles. The smallest absolute Gasteiger partial charge is 0.303 e. The molecule has 0 amide bonds. The molecular weight excluding hydrogens is 594 g/mol. The third-order valence-electron chi connectivity index (χ3n) is 2.62. The van der Waals surface area contributed by atoms with Gasteiger partial charge in [0.1, 0.15) is 0 Å². The predicted molar refractivity (Wildman–Crippen MR) is 97.9 cm³/mol. The second-order valence-corrected chi connectivity index (χ2v) is 10.9. The number of rotatable bonds is 9. The fourth-order valence-corrected chi connectivity index (χ4v) is 4.92. The Hall–Kier alpha value is 2.61. The van der Waals surface area contributed by atoms with Crippen LogP contribution in [-0.2, 0) is 9.09 Å². The first-order valence-electron chi connectivity index (χ1n) is 5.41. The van der Waals surface area contributed by atoms with Crippen molar-refractivity contribution in [3.05, 3.63) is 0 Å². The molecule has 2 N–H and O–H groups in total. The van der Waals surface area contributed by atoms with Crippen LogP contribution in [0.3, 0.4) is 0 Å². The maximum absolute atomic E-state index is 11.1. The molecule has 0 saturated carbocycles. The summed E-state index contributed by atoms with van der Waals surface area (Å²) in [5, 5.41) is 1.28. The number of hydrogen-bond donors (Lipinski definition) is 2. The molecular formula is C9H15Br4Cl2O4P. The molecule has 20 heavy (non-hydrogen) atoms. The van der Waals surface area contributed by atoms with Gasteiger partial charge in [0.25, 0.3) is 0 Å². The van der Waals surface area contributed by atoms with Crippen molar-refractivity contribution in [3.8, 4) is 0 Å². The molecule has 4 nitrogen and oxygen atoms in total. The highest BCUT2D eigenvalue weighted by atomic mass is 79.9. The van der Waals surface area contributed by atoms with Crippen LogP contribution >= 0.6 is 94.7 Å². The Morgan fingerprint density at radius 3 is 1.75 bits per heavy atom. The molecule has 0 rings (SSSR count). The molecule has 0 aliphatic carbocycles. The summed E-state index contributed by atoms with van der Waals surface area (Å²) in [7, 11) is -4.81. The molecule has 11 heteroatoms. The minimum absolute atomic E-state index is 0.0276. The van der Waals surface area contributed by atoms with E-state index in [1.807, 2.05) is 0 Å². The second kappa shape index (κ2) is 9.19. The highest BCUT2D eigenvalue weighted by Gasteiger charge is 2.51. The molecule has 0 saturated heterocycles. The molecule has 0 bridgehead atoms. The molecule has 0 fully saturated rings. The summed E-state index contributed by atoms with van der Waals surface area (Å²) in [5.74, 6) is 0. The Bertz CT molecular complexity index is 343. The topological polar surface area (TPSA) is 66.8 Å². The highest BCUT2D eigenvalue weighted by Crippen LogP contribution is 2.56. The predicted octanol–water partition coefficient (Wildman–Crippen LogP) is 5.33. The average molecular weight is 609 g/mol. The van der Waals surface area contributed by atoms with Gasteiger partial charge in [0, 0.05) is 25.7 Å². The Morgan fingerprint density at radius 1 is 1.15 bits per heavy atom. The van der Waals surface area contributed by atoms with Gasteiger partial charge >= 0.3 is 7.82 Å². The van der Waals surface area contributed by atoms with E-state index < -0.39 is 17.8 Å². The van der Waals surface area contributed by atoms with Gasteiger partial charge in [-0.1, -0.05) is 93.8 Å². The van der Waals surface area contributed by atoms with Crippen LogP contribution in [0.4, 0.5) is 0 Å². The van der Waals surface area contributed by atoms with E-state index in [-0.39, 0.29) is 9.65 Å². The van der Waals surface area contributed by atoms with E-state index in [2.05, 4.69) is 68.2 Å². The lowest BCUT2D eigenvalue weighted by Gasteiger charge is -2.41. The van der Waals surface area contributed by atoms with E-state index in [0.29, 0.717) is 23.5 Å². The molecule has 0 radical (unpaired) electrons. The molecule has 0 aromatic carbocycles. The maximum atomic E-state index is 11.1. The van der Waals surface area contributed by atoms with Gasteiger partial charge in [0.15, 0.2) is 0 Å². The standard InChI is InChI=1S/C9H15Br4Cl2O4P/c1-8(2-6(12)4-10,3-7(13)5-11)9(14,15)19-20(16,17)18/h6-7H,2-5H2,1H3,(H2,16,17,18). The van der Waals surface area contributed by atoms with Gasteiger partial charge in [-0.3, -0.25) is 0 Å². The fraction of sp³-hybridized carbons (Fsp3) is 1.00. The van der Waals surface area contributed by atoms with E-state index in [0.717, 1.165) is 0 Å². The van der Waals surface area contributed by atoms with Crippen LogP contribution < -0.4 is 0 Å². The molecule has 2 unspecified atom stereocenters. The monoisotopic (exact) mass is 604 g/mol. The first-order valence-corrected chi connectivity index (χ1v) is 11.8.